The second-order valence-corrected chi connectivity index (χ2v) is 4.94. The third-order valence-corrected chi connectivity index (χ3v) is 3.21. The normalized spacial score (nSPS) is 12.5. The number of halogens is 2. The van der Waals surface area contributed by atoms with Crippen molar-refractivity contribution < 1.29 is 19.5 Å². The first kappa shape index (κ1) is 16.0. The van der Waals surface area contributed by atoms with Crippen molar-refractivity contribution in [2.24, 2.45) is 10.2 Å². The van der Waals surface area contributed by atoms with Crippen molar-refractivity contribution in [3.63, 3.8) is 0 Å². The third-order valence-electron chi connectivity index (χ3n) is 2.47. The first-order valence-electron chi connectivity index (χ1n) is 5.85. The number of nitrogens with zero attached hydrogens (tertiary/aromatic N) is 3. The van der Waals surface area contributed by atoms with Crippen LogP contribution in [0.1, 0.15) is 11.5 Å². The van der Waals surface area contributed by atoms with Gasteiger partial charge in [-0.1, -0.05) is 28.4 Å². The van der Waals surface area contributed by atoms with Crippen molar-refractivity contribution in [3.8, 4) is 0 Å². The second-order valence-electron chi connectivity index (χ2n) is 4.12. The summed E-state index contributed by atoms with van der Waals surface area (Å²) in [6.07, 6.45) is 0. The molecule has 2 rings (SSSR count). The zero-order chi connectivity index (χ0) is 16.3. The molecule has 0 fully saturated rings. The molecule has 0 unspecified atom stereocenters. The van der Waals surface area contributed by atoms with Gasteiger partial charge in [0.1, 0.15) is 5.76 Å². The number of aliphatic hydroxyl groups is 1. The summed E-state index contributed by atoms with van der Waals surface area (Å²) in [6, 6.07) is 5.76. The van der Waals surface area contributed by atoms with Gasteiger partial charge in [-0.2, -0.15) is 5.11 Å². The minimum absolute atomic E-state index is 0.0528. The highest BCUT2D eigenvalue weighted by molar-refractivity contribution is 6.42. The Morgan fingerprint density at radius 1 is 1.23 bits per heavy atom. The number of carboxylic acids is 1. The molecule has 0 aliphatic rings. The van der Waals surface area contributed by atoms with E-state index < -0.39 is 17.4 Å². The topological polar surface area (TPSA) is 108 Å². The summed E-state index contributed by atoms with van der Waals surface area (Å²) in [4.78, 5) is 11.2. The molecule has 0 bridgehead atoms. The maximum atomic E-state index is 11.2. The van der Waals surface area contributed by atoms with Crippen molar-refractivity contribution in [1.29, 1.82) is 0 Å². The van der Waals surface area contributed by atoms with Crippen molar-refractivity contribution in [3.05, 3.63) is 51.5 Å². The number of aliphatic hydroxyl groups excluding tert-OH is 1. The minimum atomic E-state index is -1.47. The maximum Gasteiger partial charge on any atom is 0.360 e. The van der Waals surface area contributed by atoms with Gasteiger partial charge in [-0.15, -0.1) is 5.11 Å². The van der Waals surface area contributed by atoms with E-state index in [0.29, 0.717) is 10.8 Å². The number of hydrogen-bond donors (Lipinski definition) is 2. The molecule has 2 N–H and O–H groups in total. The molecule has 114 valence electrons. The van der Waals surface area contributed by atoms with Crippen LogP contribution >= 0.6 is 23.2 Å². The predicted molar refractivity (Wildman–Crippen MR) is 79.4 cm³/mol. The molecule has 0 aliphatic heterocycles. The Bertz CT molecular complexity index is 783. The summed E-state index contributed by atoms with van der Waals surface area (Å²) in [5, 5.41) is 30.3. The molecule has 1 aromatic heterocycles. The maximum absolute atomic E-state index is 11.2. The Balaban J connectivity index is 2.38. The molecule has 0 saturated carbocycles. The summed E-state index contributed by atoms with van der Waals surface area (Å²) in [7, 11) is 0. The lowest BCUT2D eigenvalue weighted by Crippen LogP contribution is -2.02. The smallest absolute Gasteiger partial charge is 0.360 e. The fourth-order valence-electron chi connectivity index (χ4n) is 1.45. The Morgan fingerprint density at radius 3 is 2.50 bits per heavy atom. The minimum Gasteiger partial charge on any atom is -0.504 e. The van der Waals surface area contributed by atoms with Crippen molar-refractivity contribution in [1.82, 2.24) is 5.16 Å². The lowest BCUT2D eigenvalue weighted by molar-refractivity contribution is -0.132. The van der Waals surface area contributed by atoms with Crippen LogP contribution in [0.5, 0.6) is 0 Å². The fourth-order valence-corrected chi connectivity index (χ4v) is 1.74. The highest BCUT2D eigenvalue weighted by atomic mass is 35.5. The molecule has 0 amide bonds. The van der Waals surface area contributed by atoms with Gasteiger partial charge in [0.05, 0.1) is 15.7 Å². The Kier molecular flexibility index (Phi) is 4.79. The number of benzene rings is 1. The Hall–Kier alpha value is -2.38. The molecule has 0 radical (unpaired) electrons. The van der Waals surface area contributed by atoms with Gasteiger partial charge >= 0.3 is 5.97 Å². The van der Waals surface area contributed by atoms with Gasteiger partial charge < -0.3 is 14.7 Å². The van der Waals surface area contributed by atoms with Crippen LogP contribution in [-0.4, -0.2) is 21.3 Å². The van der Waals surface area contributed by atoms with E-state index in [0.717, 1.165) is 0 Å². The monoisotopic (exact) mass is 341 g/mol. The fraction of sp³-hybridized carbons (Fsp3) is 0.0769. The zero-order valence-electron chi connectivity index (χ0n) is 11.1. The number of aromatic nitrogens is 1. The number of rotatable bonds is 4. The average Bonchev–Trinajstić information content (AvgIpc) is 2.89. The summed E-state index contributed by atoms with van der Waals surface area (Å²) in [6.45, 7) is 1.60. The lowest BCUT2D eigenvalue weighted by atomic mass is 10.2. The van der Waals surface area contributed by atoms with Crippen LogP contribution in [0.4, 0.5) is 5.69 Å². The zero-order valence-corrected chi connectivity index (χ0v) is 12.6. The van der Waals surface area contributed by atoms with Crippen LogP contribution < -0.4 is 0 Å². The number of carbonyl (C=O) groups is 1. The van der Waals surface area contributed by atoms with Crippen LogP contribution in [0.3, 0.4) is 0 Å². The number of aryl methyl sites for hydroxylation is 1. The molecule has 2 aromatic rings. The van der Waals surface area contributed by atoms with Crippen LogP contribution in [-0.2, 0) is 4.79 Å². The summed E-state index contributed by atoms with van der Waals surface area (Å²) < 4.78 is 4.77. The summed E-state index contributed by atoms with van der Waals surface area (Å²) in [5.74, 6) is -1.72. The number of hydrogen-bond acceptors (Lipinski definition) is 6. The molecule has 22 heavy (non-hydrogen) atoms. The van der Waals surface area contributed by atoms with Gasteiger partial charge in [-0.3, -0.25) is 0 Å². The van der Waals surface area contributed by atoms with Crippen molar-refractivity contribution in [2.75, 3.05) is 0 Å². The number of aliphatic carboxylic acids is 1. The van der Waals surface area contributed by atoms with Crippen LogP contribution in [0.25, 0.3) is 5.76 Å². The van der Waals surface area contributed by atoms with E-state index >= 15 is 0 Å². The Labute approximate surface area is 134 Å². The van der Waals surface area contributed by atoms with Crippen molar-refractivity contribution >= 4 is 40.6 Å². The highest BCUT2D eigenvalue weighted by Gasteiger charge is 2.18. The van der Waals surface area contributed by atoms with Crippen LogP contribution in [0.15, 0.2) is 44.7 Å². The number of azo groups is 1. The molecule has 7 nitrogen and oxygen atoms in total. The molecule has 0 saturated heterocycles. The predicted octanol–water partition coefficient (Wildman–Crippen LogP) is 4.38. The van der Waals surface area contributed by atoms with Crippen molar-refractivity contribution in [2.45, 2.75) is 6.92 Å². The third kappa shape index (κ3) is 3.63. The van der Waals surface area contributed by atoms with Crippen LogP contribution in [0.2, 0.25) is 10.0 Å². The van der Waals surface area contributed by atoms with Gasteiger partial charge in [0.2, 0.25) is 5.70 Å². The molecule has 0 aliphatic carbocycles. The lowest BCUT2D eigenvalue weighted by Gasteiger charge is -1.99. The molecule has 9 heteroatoms. The van der Waals surface area contributed by atoms with Gasteiger partial charge in [0.15, 0.2) is 11.5 Å². The molecular weight excluding hydrogens is 333 g/mol. The molecule has 1 aromatic carbocycles. The van der Waals surface area contributed by atoms with E-state index in [2.05, 4.69) is 15.4 Å². The van der Waals surface area contributed by atoms with Gasteiger partial charge in [-0.05, 0) is 25.1 Å². The van der Waals surface area contributed by atoms with E-state index in [1.54, 1.807) is 6.92 Å². The van der Waals surface area contributed by atoms with E-state index in [-0.39, 0.29) is 16.4 Å². The quantitative estimate of drug-likeness (QED) is 0.487. The van der Waals surface area contributed by atoms with E-state index in [1.165, 1.54) is 24.3 Å². The average molecular weight is 342 g/mol. The first-order chi connectivity index (χ1) is 10.4. The second kappa shape index (κ2) is 6.59. The Morgan fingerprint density at radius 2 is 1.95 bits per heavy atom. The summed E-state index contributed by atoms with van der Waals surface area (Å²) >= 11 is 11.6. The van der Waals surface area contributed by atoms with E-state index in [1.807, 2.05) is 0 Å². The SMILES string of the molecule is Cc1cc(C(O)=C(N=Nc2ccc(Cl)c(Cl)c2)C(=O)O)no1. The highest BCUT2D eigenvalue weighted by Crippen LogP contribution is 2.27. The standard InChI is InChI=1S/C13H9Cl2N3O4/c1-6-4-10(18-22-6)12(19)11(13(20)21)17-16-7-2-3-8(14)9(15)5-7/h2-5,19H,1H3,(H,20,21). The first-order valence-corrected chi connectivity index (χ1v) is 6.61. The van der Waals surface area contributed by atoms with Gasteiger partial charge in [-0.25, -0.2) is 4.79 Å². The largest absolute Gasteiger partial charge is 0.504 e. The van der Waals surface area contributed by atoms with Gasteiger partial charge in [0, 0.05) is 6.07 Å². The molecular formula is C13H9Cl2N3O4. The molecule has 0 atom stereocenters. The van der Waals surface area contributed by atoms with E-state index in [9.17, 15) is 9.90 Å². The number of carboxylic acid groups (broad SMARTS) is 1. The van der Waals surface area contributed by atoms with Crippen LogP contribution in [0, 0.1) is 6.92 Å². The molecule has 1 heterocycles. The van der Waals surface area contributed by atoms with Gasteiger partial charge in [0.25, 0.3) is 0 Å². The summed E-state index contributed by atoms with van der Waals surface area (Å²) in [5.41, 5.74) is -0.459. The van der Waals surface area contributed by atoms with E-state index in [4.69, 9.17) is 32.8 Å². The molecule has 0 spiro atoms.